The minimum Gasteiger partial charge on any atom is -0.393 e. The molecule has 0 saturated heterocycles. The summed E-state index contributed by atoms with van der Waals surface area (Å²) in [4.78, 5) is 0. The minimum absolute atomic E-state index is 0.162. The molecule has 0 spiro atoms. The van der Waals surface area contributed by atoms with Crippen molar-refractivity contribution in [2.45, 2.75) is 19.3 Å². The van der Waals surface area contributed by atoms with Crippen LogP contribution in [0.25, 0.3) is 0 Å². The summed E-state index contributed by atoms with van der Waals surface area (Å²) in [6.07, 6.45) is -1.17. The molecule has 0 aromatic rings. The Hall–Kier alpha value is -0.160. The Morgan fingerprint density at radius 3 is 2.38 bits per heavy atom. The highest BCUT2D eigenvalue weighted by Gasteiger charge is 1.99. The zero-order valence-corrected chi connectivity index (χ0v) is 4.83. The quantitative estimate of drug-likeness (QED) is 0.331. The molecule has 0 radical (unpaired) electrons. The van der Waals surface area contributed by atoms with Crippen molar-refractivity contribution >= 4 is 0 Å². The highest BCUT2D eigenvalue weighted by atomic mass is 16.3. The first-order chi connectivity index (χ1) is 3.66. The van der Waals surface area contributed by atoms with Crippen molar-refractivity contribution in [3.05, 3.63) is 0 Å². The average molecular weight is 120 g/mol. The number of nitrogens with two attached hydrogens (primary N) is 1. The number of hydrogen-bond acceptors (Lipinski definition) is 4. The lowest BCUT2D eigenvalue weighted by Crippen LogP contribution is -2.45. The van der Waals surface area contributed by atoms with Gasteiger partial charge in [0.15, 0.2) is 0 Å². The van der Waals surface area contributed by atoms with Gasteiger partial charge in [-0.25, -0.2) is 0 Å². The van der Waals surface area contributed by atoms with E-state index in [0.717, 1.165) is 0 Å². The molecule has 0 rings (SSSR count). The highest BCUT2D eigenvalue weighted by Crippen LogP contribution is 1.72. The molecule has 2 atom stereocenters. The molecule has 2 unspecified atom stereocenters. The fourth-order valence-electron chi connectivity index (χ4n) is 0.363. The molecule has 0 saturated carbocycles. The first-order valence-electron chi connectivity index (χ1n) is 2.47. The topological polar surface area (TPSA) is 78.5 Å². The number of aliphatic hydroxyl groups is 2. The Balaban J connectivity index is 3.10. The van der Waals surface area contributed by atoms with E-state index in [-0.39, 0.29) is 6.61 Å². The second kappa shape index (κ2) is 3.80. The van der Waals surface area contributed by atoms with Crippen LogP contribution in [0.2, 0.25) is 0 Å². The van der Waals surface area contributed by atoms with Crippen LogP contribution in [0.1, 0.15) is 6.92 Å². The van der Waals surface area contributed by atoms with Gasteiger partial charge in [0.05, 0.1) is 12.8 Å². The second-order valence-electron chi connectivity index (χ2n) is 1.63. The van der Waals surface area contributed by atoms with Gasteiger partial charge in [-0.1, -0.05) is 0 Å². The normalized spacial score (nSPS) is 18.0. The lowest BCUT2D eigenvalue weighted by Gasteiger charge is -2.11. The fourth-order valence-corrected chi connectivity index (χ4v) is 0.363. The number of rotatable bonds is 3. The van der Waals surface area contributed by atoms with E-state index in [0.29, 0.717) is 0 Å². The molecular weight excluding hydrogens is 108 g/mol. The van der Waals surface area contributed by atoms with Gasteiger partial charge < -0.3 is 15.9 Å². The number of aliphatic hydroxyl groups excluding tert-OH is 2. The molecule has 0 fully saturated rings. The SMILES string of the molecule is CC(O)NC(N)CO. The first kappa shape index (κ1) is 7.84. The van der Waals surface area contributed by atoms with Gasteiger partial charge in [0, 0.05) is 0 Å². The van der Waals surface area contributed by atoms with Gasteiger partial charge in [-0.2, -0.15) is 0 Å². The molecule has 0 aromatic carbocycles. The van der Waals surface area contributed by atoms with Crippen molar-refractivity contribution in [2.75, 3.05) is 6.61 Å². The van der Waals surface area contributed by atoms with Crippen LogP contribution in [0.3, 0.4) is 0 Å². The summed E-state index contributed by atoms with van der Waals surface area (Å²) in [5, 5.41) is 19.3. The summed E-state index contributed by atoms with van der Waals surface area (Å²) in [6, 6.07) is 0. The maximum atomic E-state index is 8.55. The van der Waals surface area contributed by atoms with E-state index in [1.807, 2.05) is 0 Å². The monoisotopic (exact) mass is 120 g/mol. The fraction of sp³-hybridized carbons (Fsp3) is 1.00. The van der Waals surface area contributed by atoms with Gasteiger partial charge in [-0.3, -0.25) is 5.32 Å². The van der Waals surface area contributed by atoms with Crippen molar-refractivity contribution in [1.82, 2.24) is 5.32 Å². The van der Waals surface area contributed by atoms with E-state index in [2.05, 4.69) is 5.32 Å². The molecule has 0 aliphatic rings. The highest BCUT2D eigenvalue weighted by molar-refractivity contribution is 4.54. The van der Waals surface area contributed by atoms with Crippen LogP contribution in [0.5, 0.6) is 0 Å². The Kier molecular flexibility index (Phi) is 3.72. The first-order valence-corrected chi connectivity index (χ1v) is 2.47. The van der Waals surface area contributed by atoms with Gasteiger partial charge >= 0.3 is 0 Å². The lowest BCUT2D eigenvalue weighted by atomic mass is 10.5. The Morgan fingerprint density at radius 2 is 2.25 bits per heavy atom. The summed E-state index contributed by atoms with van der Waals surface area (Å²) in [6.45, 7) is 1.38. The van der Waals surface area contributed by atoms with Crippen molar-refractivity contribution in [2.24, 2.45) is 5.73 Å². The van der Waals surface area contributed by atoms with Crippen LogP contribution < -0.4 is 11.1 Å². The van der Waals surface area contributed by atoms with E-state index >= 15 is 0 Å². The van der Waals surface area contributed by atoms with Crippen LogP contribution in [0.4, 0.5) is 0 Å². The molecule has 0 aliphatic heterocycles. The molecule has 0 bridgehead atoms. The van der Waals surface area contributed by atoms with Crippen LogP contribution in [-0.4, -0.2) is 29.2 Å². The van der Waals surface area contributed by atoms with Crippen molar-refractivity contribution in [3.8, 4) is 0 Å². The van der Waals surface area contributed by atoms with Gasteiger partial charge in [0.2, 0.25) is 0 Å². The molecular formula is C4H12N2O2. The largest absolute Gasteiger partial charge is 0.393 e. The van der Waals surface area contributed by atoms with Crippen molar-refractivity contribution in [3.63, 3.8) is 0 Å². The van der Waals surface area contributed by atoms with E-state index in [9.17, 15) is 0 Å². The van der Waals surface area contributed by atoms with Gasteiger partial charge in [-0.05, 0) is 6.92 Å². The van der Waals surface area contributed by atoms with Crippen LogP contribution in [0.15, 0.2) is 0 Å². The number of nitrogens with one attached hydrogen (secondary N) is 1. The summed E-state index contributed by atoms with van der Waals surface area (Å²) in [7, 11) is 0. The smallest absolute Gasteiger partial charge is 0.103 e. The zero-order valence-electron chi connectivity index (χ0n) is 4.83. The van der Waals surface area contributed by atoms with Crippen LogP contribution in [-0.2, 0) is 0 Å². The minimum atomic E-state index is -0.655. The third-order valence-electron chi connectivity index (χ3n) is 0.652. The standard InChI is InChI=1S/C4H12N2O2/c1-3(8)6-4(5)2-7/h3-4,6-8H,2,5H2,1H3. The molecule has 50 valence electrons. The number of hydrogen-bond donors (Lipinski definition) is 4. The van der Waals surface area contributed by atoms with Gasteiger partial charge in [0.25, 0.3) is 0 Å². The van der Waals surface area contributed by atoms with Crippen molar-refractivity contribution < 1.29 is 10.2 Å². The van der Waals surface area contributed by atoms with Gasteiger partial charge in [-0.15, -0.1) is 0 Å². The summed E-state index contributed by atoms with van der Waals surface area (Å²) in [5.41, 5.74) is 5.15. The molecule has 0 aliphatic carbocycles. The molecule has 0 heterocycles. The third kappa shape index (κ3) is 4.01. The van der Waals surface area contributed by atoms with E-state index < -0.39 is 12.4 Å². The molecule has 0 aromatic heterocycles. The van der Waals surface area contributed by atoms with Crippen molar-refractivity contribution in [1.29, 1.82) is 0 Å². The predicted octanol–water partition coefficient (Wildman–Crippen LogP) is -1.81. The maximum Gasteiger partial charge on any atom is 0.103 e. The predicted molar refractivity (Wildman–Crippen MR) is 29.9 cm³/mol. The second-order valence-corrected chi connectivity index (χ2v) is 1.63. The molecule has 4 nitrogen and oxygen atoms in total. The summed E-state index contributed by atoms with van der Waals surface area (Å²) >= 11 is 0. The van der Waals surface area contributed by atoms with E-state index in [1.54, 1.807) is 0 Å². The molecule has 0 amide bonds. The Bertz CT molecular complexity index is 58.0. The molecule has 4 heteroatoms. The lowest BCUT2D eigenvalue weighted by molar-refractivity contribution is 0.120. The average Bonchev–Trinajstić information content (AvgIpc) is 1.65. The zero-order chi connectivity index (χ0) is 6.57. The summed E-state index contributed by atoms with van der Waals surface area (Å²) < 4.78 is 0. The van der Waals surface area contributed by atoms with Gasteiger partial charge in [0.1, 0.15) is 6.23 Å². The molecule has 8 heavy (non-hydrogen) atoms. The maximum absolute atomic E-state index is 8.55. The van der Waals surface area contributed by atoms with E-state index in [4.69, 9.17) is 15.9 Å². The Morgan fingerprint density at radius 1 is 1.75 bits per heavy atom. The third-order valence-corrected chi connectivity index (χ3v) is 0.652. The van der Waals surface area contributed by atoms with Crippen LogP contribution in [0, 0.1) is 0 Å². The molecule has 5 N–H and O–H groups in total. The van der Waals surface area contributed by atoms with E-state index in [1.165, 1.54) is 6.92 Å². The summed E-state index contributed by atoms with van der Waals surface area (Å²) in [5.74, 6) is 0. The van der Waals surface area contributed by atoms with Crippen LogP contribution >= 0.6 is 0 Å². The Labute approximate surface area is 48.3 Å².